The number of hydrogen-bond donors (Lipinski definition) is 0. The fraction of sp³-hybridized carbons (Fsp3) is 0.375. The molecule has 0 fully saturated rings. The van der Waals surface area contributed by atoms with E-state index >= 15 is 0 Å². The molecule has 1 amide bonds. The first-order chi connectivity index (χ1) is 10.6. The summed E-state index contributed by atoms with van der Waals surface area (Å²) in [4.78, 5) is 14.1. The molecule has 0 aliphatic carbocycles. The second kappa shape index (κ2) is 6.98. The summed E-state index contributed by atoms with van der Waals surface area (Å²) >= 11 is 0. The van der Waals surface area contributed by atoms with E-state index in [1.807, 2.05) is 25.1 Å². The van der Waals surface area contributed by atoms with E-state index in [4.69, 9.17) is 14.0 Å². The third kappa shape index (κ3) is 3.39. The van der Waals surface area contributed by atoms with Crippen molar-refractivity contribution >= 4 is 5.91 Å². The largest absolute Gasteiger partial charge is 0.493 e. The molecule has 0 atom stereocenters. The summed E-state index contributed by atoms with van der Waals surface area (Å²) < 4.78 is 15.5. The Morgan fingerprint density at radius 1 is 1.23 bits per heavy atom. The van der Waals surface area contributed by atoms with Gasteiger partial charge in [-0.05, 0) is 31.5 Å². The van der Waals surface area contributed by atoms with Crippen molar-refractivity contribution in [2.75, 3.05) is 20.8 Å². The molecule has 0 unspecified atom stereocenters. The fourth-order valence-corrected chi connectivity index (χ4v) is 2.15. The summed E-state index contributed by atoms with van der Waals surface area (Å²) in [7, 11) is 3.17. The van der Waals surface area contributed by atoms with E-state index in [-0.39, 0.29) is 11.7 Å². The van der Waals surface area contributed by atoms with Crippen LogP contribution in [-0.2, 0) is 6.54 Å². The highest BCUT2D eigenvalue weighted by Crippen LogP contribution is 2.28. The quantitative estimate of drug-likeness (QED) is 0.821. The van der Waals surface area contributed by atoms with Crippen molar-refractivity contribution in [2.24, 2.45) is 0 Å². The highest BCUT2D eigenvalue weighted by atomic mass is 16.5. The van der Waals surface area contributed by atoms with Crippen molar-refractivity contribution in [2.45, 2.75) is 20.4 Å². The number of ether oxygens (including phenoxy) is 2. The van der Waals surface area contributed by atoms with Gasteiger partial charge in [0.25, 0.3) is 5.91 Å². The number of methoxy groups -OCH3 is 2. The van der Waals surface area contributed by atoms with Crippen LogP contribution in [0.15, 0.2) is 28.8 Å². The molecule has 6 nitrogen and oxygen atoms in total. The van der Waals surface area contributed by atoms with Crippen molar-refractivity contribution in [1.82, 2.24) is 10.1 Å². The lowest BCUT2D eigenvalue weighted by Gasteiger charge is -2.20. The molecule has 118 valence electrons. The lowest BCUT2D eigenvalue weighted by Crippen LogP contribution is -2.30. The molecule has 0 aliphatic rings. The topological polar surface area (TPSA) is 64.8 Å². The zero-order valence-electron chi connectivity index (χ0n) is 13.3. The zero-order chi connectivity index (χ0) is 16.1. The molecule has 0 aliphatic heterocycles. The van der Waals surface area contributed by atoms with E-state index in [1.165, 1.54) is 0 Å². The maximum atomic E-state index is 12.4. The predicted molar refractivity (Wildman–Crippen MR) is 81.2 cm³/mol. The van der Waals surface area contributed by atoms with Crippen LogP contribution in [0.2, 0.25) is 0 Å². The highest BCUT2D eigenvalue weighted by molar-refractivity contribution is 5.91. The van der Waals surface area contributed by atoms with E-state index in [0.29, 0.717) is 30.3 Å². The third-order valence-electron chi connectivity index (χ3n) is 3.33. The van der Waals surface area contributed by atoms with Gasteiger partial charge in [-0.1, -0.05) is 11.2 Å². The molecule has 0 N–H and O–H groups in total. The molecule has 2 rings (SSSR count). The first-order valence-corrected chi connectivity index (χ1v) is 7.02. The van der Waals surface area contributed by atoms with Crippen LogP contribution in [0.25, 0.3) is 0 Å². The van der Waals surface area contributed by atoms with Gasteiger partial charge in [0.05, 0.1) is 19.9 Å². The smallest absolute Gasteiger partial charge is 0.292 e. The maximum Gasteiger partial charge on any atom is 0.292 e. The monoisotopic (exact) mass is 304 g/mol. The molecular formula is C16H20N2O4. The maximum absolute atomic E-state index is 12.4. The van der Waals surface area contributed by atoms with Crippen LogP contribution in [0.4, 0.5) is 0 Å². The molecule has 0 saturated carbocycles. The number of benzene rings is 1. The number of rotatable bonds is 6. The zero-order valence-corrected chi connectivity index (χ0v) is 13.3. The van der Waals surface area contributed by atoms with Gasteiger partial charge in [0.15, 0.2) is 11.5 Å². The van der Waals surface area contributed by atoms with E-state index < -0.39 is 0 Å². The van der Waals surface area contributed by atoms with Gasteiger partial charge in [0.2, 0.25) is 5.76 Å². The minimum absolute atomic E-state index is 0.183. The second-order valence-electron chi connectivity index (χ2n) is 4.84. The molecule has 1 aromatic heterocycles. The highest BCUT2D eigenvalue weighted by Gasteiger charge is 2.19. The van der Waals surface area contributed by atoms with E-state index in [1.54, 1.807) is 32.1 Å². The van der Waals surface area contributed by atoms with E-state index in [0.717, 1.165) is 5.56 Å². The van der Waals surface area contributed by atoms with Gasteiger partial charge >= 0.3 is 0 Å². The predicted octanol–water partition coefficient (Wildman–Crippen LogP) is 2.66. The molecule has 0 radical (unpaired) electrons. The number of nitrogens with zero attached hydrogens (tertiary/aromatic N) is 2. The summed E-state index contributed by atoms with van der Waals surface area (Å²) in [5.41, 5.74) is 1.63. The minimum atomic E-state index is -0.183. The van der Waals surface area contributed by atoms with Gasteiger partial charge in [0, 0.05) is 19.2 Å². The summed E-state index contributed by atoms with van der Waals surface area (Å²) in [5, 5.41) is 3.75. The van der Waals surface area contributed by atoms with Crippen LogP contribution < -0.4 is 9.47 Å². The molecule has 0 spiro atoms. The lowest BCUT2D eigenvalue weighted by atomic mass is 10.2. The number of hydrogen-bond acceptors (Lipinski definition) is 5. The van der Waals surface area contributed by atoms with Gasteiger partial charge in [-0.2, -0.15) is 0 Å². The first-order valence-electron chi connectivity index (χ1n) is 7.02. The van der Waals surface area contributed by atoms with Crippen LogP contribution in [-0.4, -0.2) is 36.7 Å². The van der Waals surface area contributed by atoms with Gasteiger partial charge < -0.3 is 18.9 Å². The molecule has 0 saturated heterocycles. The Kier molecular flexibility index (Phi) is 5.04. The summed E-state index contributed by atoms with van der Waals surface area (Å²) in [5.74, 6) is 1.36. The number of aromatic nitrogens is 1. The molecule has 0 bridgehead atoms. The van der Waals surface area contributed by atoms with Gasteiger partial charge in [0.1, 0.15) is 0 Å². The van der Waals surface area contributed by atoms with Crippen LogP contribution in [0, 0.1) is 6.92 Å². The average molecular weight is 304 g/mol. The number of amides is 1. The van der Waals surface area contributed by atoms with Crippen LogP contribution in [0.1, 0.15) is 28.7 Å². The Morgan fingerprint density at radius 2 is 1.95 bits per heavy atom. The van der Waals surface area contributed by atoms with Crippen LogP contribution in [0.3, 0.4) is 0 Å². The Hall–Kier alpha value is -2.50. The Morgan fingerprint density at radius 3 is 2.50 bits per heavy atom. The normalized spacial score (nSPS) is 10.4. The summed E-state index contributed by atoms with van der Waals surface area (Å²) in [6.07, 6.45) is 0. The number of aryl methyl sites for hydroxylation is 1. The van der Waals surface area contributed by atoms with Crippen LogP contribution >= 0.6 is 0 Å². The molecule has 22 heavy (non-hydrogen) atoms. The Labute approximate surface area is 129 Å². The molecular weight excluding hydrogens is 284 g/mol. The fourth-order valence-electron chi connectivity index (χ4n) is 2.15. The molecule has 2 aromatic rings. The minimum Gasteiger partial charge on any atom is -0.493 e. The van der Waals surface area contributed by atoms with Gasteiger partial charge in [-0.3, -0.25) is 4.79 Å². The standard InChI is InChI=1S/C16H20N2O4/c1-5-18(16(19)15-8-11(2)17-22-15)10-12-6-7-13(20-3)14(9-12)21-4/h6-9H,5,10H2,1-4H3. The second-order valence-corrected chi connectivity index (χ2v) is 4.84. The first kappa shape index (κ1) is 15.9. The lowest BCUT2D eigenvalue weighted by molar-refractivity contribution is 0.0710. The van der Waals surface area contributed by atoms with E-state index in [2.05, 4.69) is 5.16 Å². The molecule has 1 heterocycles. The number of carbonyl (C=O) groups excluding carboxylic acids is 1. The SMILES string of the molecule is CCN(Cc1ccc(OC)c(OC)c1)C(=O)c1cc(C)no1. The van der Waals surface area contributed by atoms with Crippen molar-refractivity contribution in [3.05, 3.63) is 41.3 Å². The molecule has 6 heteroatoms. The van der Waals surface area contributed by atoms with Crippen molar-refractivity contribution in [3.8, 4) is 11.5 Å². The van der Waals surface area contributed by atoms with Crippen molar-refractivity contribution < 1.29 is 18.8 Å². The Bertz CT molecular complexity index is 651. The van der Waals surface area contributed by atoms with Gasteiger partial charge in [-0.25, -0.2) is 0 Å². The van der Waals surface area contributed by atoms with Crippen LogP contribution in [0.5, 0.6) is 11.5 Å². The average Bonchev–Trinajstić information content (AvgIpc) is 2.98. The number of carbonyl (C=O) groups is 1. The summed E-state index contributed by atoms with van der Waals surface area (Å²) in [6.45, 7) is 4.72. The van der Waals surface area contributed by atoms with E-state index in [9.17, 15) is 4.79 Å². The van der Waals surface area contributed by atoms with Gasteiger partial charge in [-0.15, -0.1) is 0 Å². The Balaban J connectivity index is 2.18. The molecule has 1 aromatic carbocycles. The summed E-state index contributed by atoms with van der Waals surface area (Å²) in [6, 6.07) is 7.23. The third-order valence-corrected chi connectivity index (χ3v) is 3.33. The van der Waals surface area contributed by atoms with Crippen molar-refractivity contribution in [1.29, 1.82) is 0 Å². The van der Waals surface area contributed by atoms with Crippen molar-refractivity contribution in [3.63, 3.8) is 0 Å².